The molecule has 1 aromatic heterocycles. The topological polar surface area (TPSA) is 62.2 Å². The summed E-state index contributed by atoms with van der Waals surface area (Å²) in [5.74, 6) is -0.289. The SMILES string of the molecule is O=C(O)C1CNc2nc3ccccc3cc2C1. The van der Waals surface area contributed by atoms with Crippen LogP contribution >= 0.6 is 0 Å². The van der Waals surface area contributed by atoms with Crippen molar-refractivity contribution >= 4 is 22.7 Å². The summed E-state index contributed by atoms with van der Waals surface area (Å²) in [4.78, 5) is 15.5. The van der Waals surface area contributed by atoms with E-state index < -0.39 is 5.97 Å². The zero-order valence-corrected chi connectivity index (χ0v) is 9.18. The number of fused-ring (bicyclic) bond motifs is 2. The van der Waals surface area contributed by atoms with Crippen LogP contribution in [0.3, 0.4) is 0 Å². The molecule has 4 nitrogen and oxygen atoms in total. The third kappa shape index (κ3) is 1.71. The van der Waals surface area contributed by atoms with E-state index in [1.807, 2.05) is 30.3 Å². The van der Waals surface area contributed by atoms with Gasteiger partial charge in [-0.05, 0) is 24.1 Å². The first kappa shape index (κ1) is 10.1. The highest BCUT2D eigenvalue weighted by atomic mass is 16.4. The molecule has 2 aromatic rings. The number of nitrogens with one attached hydrogen (secondary N) is 1. The maximum absolute atomic E-state index is 11.0. The van der Waals surface area contributed by atoms with E-state index in [2.05, 4.69) is 10.3 Å². The van der Waals surface area contributed by atoms with Gasteiger partial charge in [-0.15, -0.1) is 0 Å². The van der Waals surface area contributed by atoms with Gasteiger partial charge in [0.15, 0.2) is 0 Å². The molecule has 1 unspecified atom stereocenters. The van der Waals surface area contributed by atoms with Gasteiger partial charge in [-0.25, -0.2) is 4.98 Å². The van der Waals surface area contributed by atoms with Crippen molar-refractivity contribution in [2.45, 2.75) is 6.42 Å². The number of pyridine rings is 1. The van der Waals surface area contributed by atoms with Crippen molar-refractivity contribution in [3.8, 4) is 0 Å². The van der Waals surface area contributed by atoms with Crippen molar-refractivity contribution in [1.82, 2.24) is 4.98 Å². The van der Waals surface area contributed by atoms with Crippen LogP contribution in [0, 0.1) is 5.92 Å². The molecule has 4 heteroatoms. The molecule has 1 aliphatic heterocycles. The van der Waals surface area contributed by atoms with Gasteiger partial charge in [-0.2, -0.15) is 0 Å². The number of rotatable bonds is 1. The molecule has 1 aliphatic rings. The van der Waals surface area contributed by atoms with E-state index in [0.717, 1.165) is 22.3 Å². The predicted octanol–water partition coefficient (Wildman–Crippen LogP) is 1.90. The average molecular weight is 228 g/mol. The lowest BCUT2D eigenvalue weighted by molar-refractivity contribution is -0.141. The average Bonchev–Trinajstić information content (AvgIpc) is 2.35. The van der Waals surface area contributed by atoms with Crippen LogP contribution in [0.4, 0.5) is 5.82 Å². The van der Waals surface area contributed by atoms with Gasteiger partial charge >= 0.3 is 5.97 Å². The second-order valence-electron chi connectivity index (χ2n) is 4.31. The Kier molecular flexibility index (Phi) is 2.21. The van der Waals surface area contributed by atoms with Crippen molar-refractivity contribution in [3.05, 3.63) is 35.9 Å². The molecule has 0 radical (unpaired) electrons. The van der Waals surface area contributed by atoms with E-state index in [1.165, 1.54) is 0 Å². The third-order valence-electron chi connectivity index (χ3n) is 3.13. The molecule has 1 atom stereocenters. The maximum atomic E-state index is 11.0. The Bertz CT molecular complexity index is 595. The fourth-order valence-electron chi connectivity index (χ4n) is 2.20. The van der Waals surface area contributed by atoms with Gasteiger partial charge in [0.25, 0.3) is 0 Å². The Morgan fingerprint density at radius 1 is 1.41 bits per heavy atom. The van der Waals surface area contributed by atoms with Crippen molar-refractivity contribution in [3.63, 3.8) is 0 Å². The predicted molar refractivity (Wildman–Crippen MR) is 65.1 cm³/mol. The molecule has 0 aliphatic carbocycles. The first-order valence-corrected chi connectivity index (χ1v) is 5.59. The summed E-state index contributed by atoms with van der Waals surface area (Å²) in [6, 6.07) is 9.89. The Morgan fingerprint density at radius 2 is 2.24 bits per heavy atom. The standard InChI is InChI=1S/C13H12N2O2/c16-13(17)10-6-9-5-8-3-1-2-4-11(8)15-12(9)14-7-10/h1-5,10H,6-7H2,(H,14,15)(H,16,17). The molecule has 0 saturated heterocycles. The van der Waals surface area contributed by atoms with Crippen LogP contribution in [0.1, 0.15) is 5.56 Å². The summed E-state index contributed by atoms with van der Waals surface area (Å²) in [5, 5.41) is 13.2. The first-order chi connectivity index (χ1) is 8.24. The Hall–Kier alpha value is -2.10. The molecule has 0 bridgehead atoms. The van der Waals surface area contributed by atoms with Crippen LogP contribution in [0.25, 0.3) is 10.9 Å². The second-order valence-corrected chi connectivity index (χ2v) is 4.31. The number of aliphatic carboxylic acids is 1. The van der Waals surface area contributed by atoms with Gasteiger partial charge in [-0.3, -0.25) is 4.79 Å². The highest BCUT2D eigenvalue weighted by Gasteiger charge is 2.24. The number of para-hydroxylation sites is 1. The summed E-state index contributed by atoms with van der Waals surface area (Å²) in [6.45, 7) is 0.452. The number of carboxylic acid groups (broad SMARTS) is 1. The van der Waals surface area contributed by atoms with E-state index in [-0.39, 0.29) is 5.92 Å². The number of hydrogen-bond donors (Lipinski definition) is 2. The zero-order chi connectivity index (χ0) is 11.8. The van der Waals surface area contributed by atoms with Gasteiger partial charge in [0.05, 0.1) is 11.4 Å². The summed E-state index contributed by atoms with van der Waals surface area (Å²) in [5.41, 5.74) is 1.93. The molecule has 0 amide bonds. The van der Waals surface area contributed by atoms with Gasteiger partial charge in [0.1, 0.15) is 5.82 Å². The minimum Gasteiger partial charge on any atom is -0.481 e. The van der Waals surface area contributed by atoms with E-state index in [1.54, 1.807) is 0 Å². The fourth-order valence-corrected chi connectivity index (χ4v) is 2.20. The van der Waals surface area contributed by atoms with Crippen molar-refractivity contribution < 1.29 is 9.90 Å². The number of carboxylic acids is 1. The van der Waals surface area contributed by atoms with E-state index in [9.17, 15) is 4.79 Å². The summed E-state index contributed by atoms with van der Waals surface area (Å²) < 4.78 is 0. The minimum atomic E-state index is -0.753. The summed E-state index contributed by atoms with van der Waals surface area (Å²) in [6.07, 6.45) is 0.551. The monoisotopic (exact) mass is 228 g/mol. The van der Waals surface area contributed by atoms with E-state index in [4.69, 9.17) is 5.11 Å². The number of nitrogens with zero attached hydrogens (tertiary/aromatic N) is 1. The van der Waals surface area contributed by atoms with Gasteiger partial charge < -0.3 is 10.4 Å². The third-order valence-corrected chi connectivity index (χ3v) is 3.13. The van der Waals surface area contributed by atoms with Crippen LogP contribution in [0.5, 0.6) is 0 Å². The van der Waals surface area contributed by atoms with Gasteiger partial charge in [0.2, 0.25) is 0 Å². The smallest absolute Gasteiger partial charge is 0.308 e. The normalized spacial score (nSPS) is 18.5. The van der Waals surface area contributed by atoms with Crippen LogP contribution in [0.2, 0.25) is 0 Å². The summed E-state index contributed by atoms with van der Waals surface area (Å²) in [7, 11) is 0. The second kappa shape index (κ2) is 3.73. The maximum Gasteiger partial charge on any atom is 0.308 e. The molecule has 2 heterocycles. The minimum absolute atomic E-state index is 0.356. The Morgan fingerprint density at radius 3 is 3.06 bits per heavy atom. The molecule has 1 aromatic carbocycles. The lowest BCUT2D eigenvalue weighted by atomic mass is 9.95. The van der Waals surface area contributed by atoms with Crippen LogP contribution < -0.4 is 5.32 Å². The molecule has 0 fully saturated rings. The molecule has 0 spiro atoms. The zero-order valence-electron chi connectivity index (χ0n) is 9.18. The van der Waals surface area contributed by atoms with E-state index >= 15 is 0 Å². The van der Waals surface area contributed by atoms with Crippen molar-refractivity contribution in [2.24, 2.45) is 5.92 Å². The molecular formula is C13H12N2O2. The van der Waals surface area contributed by atoms with Gasteiger partial charge in [0, 0.05) is 11.9 Å². The highest BCUT2D eigenvalue weighted by Crippen LogP contribution is 2.26. The lowest BCUT2D eigenvalue weighted by Gasteiger charge is -2.22. The van der Waals surface area contributed by atoms with E-state index in [0.29, 0.717) is 13.0 Å². The number of carbonyl (C=O) groups is 1. The van der Waals surface area contributed by atoms with Gasteiger partial charge in [-0.1, -0.05) is 18.2 Å². The number of aromatic nitrogens is 1. The number of benzene rings is 1. The number of anilines is 1. The molecule has 2 N–H and O–H groups in total. The number of hydrogen-bond acceptors (Lipinski definition) is 3. The molecule has 86 valence electrons. The highest BCUT2D eigenvalue weighted by molar-refractivity contribution is 5.82. The molecular weight excluding hydrogens is 216 g/mol. The molecule has 3 rings (SSSR count). The van der Waals surface area contributed by atoms with Crippen LogP contribution in [-0.4, -0.2) is 22.6 Å². The fraction of sp³-hybridized carbons (Fsp3) is 0.231. The van der Waals surface area contributed by atoms with Crippen LogP contribution in [0.15, 0.2) is 30.3 Å². The largest absolute Gasteiger partial charge is 0.481 e. The molecule has 0 saturated carbocycles. The quantitative estimate of drug-likeness (QED) is 0.782. The van der Waals surface area contributed by atoms with Crippen molar-refractivity contribution in [1.29, 1.82) is 0 Å². The Labute approximate surface area is 98.3 Å². The first-order valence-electron chi connectivity index (χ1n) is 5.59. The Balaban J connectivity index is 2.07. The lowest BCUT2D eigenvalue weighted by Crippen LogP contribution is -2.30. The molecule has 17 heavy (non-hydrogen) atoms. The summed E-state index contributed by atoms with van der Waals surface area (Å²) >= 11 is 0. The van der Waals surface area contributed by atoms with Crippen molar-refractivity contribution in [2.75, 3.05) is 11.9 Å². The van der Waals surface area contributed by atoms with Crippen LogP contribution in [-0.2, 0) is 11.2 Å².